The fraction of sp³-hybridized carbons (Fsp3) is 0.200. The fourth-order valence-electron chi connectivity index (χ4n) is 1.37. The lowest BCUT2D eigenvalue weighted by molar-refractivity contribution is 0.372. The summed E-state index contributed by atoms with van der Waals surface area (Å²) in [6, 6.07) is 2.01. The van der Waals surface area contributed by atoms with Crippen LogP contribution in [0.4, 0.5) is 8.78 Å². The molecule has 0 bridgehead atoms. The van der Waals surface area contributed by atoms with Gasteiger partial charge in [-0.2, -0.15) is 4.98 Å². The minimum atomic E-state index is -0.991. The Kier molecular flexibility index (Phi) is 3.12. The van der Waals surface area contributed by atoms with E-state index in [0.717, 1.165) is 18.2 Å². The van der Waals surface area contributed by atoms with Crippen LogP contribution >= 0.6 is 0 Å². The van der Waals surface area contributed by atoms with Crippen molar-refractivity contribution in [2.24, 2.45) is 11.5 Å². The lowest BCUT2D eigenvalue weighted by atomic mass is 10.1. The van der Waals surface area contributed by atoms with Gasteiger partial charge in [0.15, 0.2) is 5.82 Å². The first kappa shape index (κ1) is 11.6. The summed E-state index contributed by atoms with van der Waals surface area (Å²) < 4.78 is 31.2. The monoisotopic (exact) mass is 240 g/mol. The third kappa shape index (κ3) is 2.29. The number of aromatic nitrogens is 2. The zero-order chi connectivity index (χ0) is 12.4. The molecule has 5 nitrogen and oxygen atoms in total. The quantitative estimate of drug-likeness (QED) is 0.830. The molecule has 7 heteroatoms. The van der Waals surface area contributed by atoms with E-state index in [9.17, 15) is 8.78 Å². The summed E-state index contributed by atoms with van der Waals surface area (Å²) in [4.78, 5) is 3.86. The van der Waals surface area contributed by atoms with Gasteiger partial charge in [-0.3, -0.25) is 0 Å². The minimum Gasteiger partial charge on any atom is -0.338 e. The van der Waals surface area contributed by atoms with Crippen molar-refractivity contribution in [3.05, 3.63) is 47.1 Å². The molecule has 1 unspecified atom stereocenters. The zero-order valence-corrected chi connectivity index (χ0v) is 8.73. The molecular weight excluding hydrogens is 230 g/mol. The van der Waals surface area contributed by atoms with E-state index in [1.165, 1.54) is 0 Å². The smallest absolute Gasteiger partial charge is 0.240 e. The van der Waals surface area contributed by atoms with Crippen molar-refractivity contribution in [3.8, 4) is 0 Å². The fourth-order valence-corrected chi connectivity index (χ4v) is 1.37. The van der Waals surface area contributed by atoms with E-state index in [4.69, 9.17) is 16.0 Å². The molecule has 90 valence electrons. The molecule has 17 heavy (non-hydrogen) atoms. The normalized spacial score (nSPS) is 12.7. The van der Waals surface area contributed by atoms with Gasteiger partial charge < -0.3 is 16.0 Å². The summed E-state index contributed by atoms with van der Waals surface area (Å²) in [5.74, 6) is -0.959. The van der Waals surface area contributed by atoms with Crippen LogP contribution in [0.3, 0.4) is 0 Å². The van der Waals surface area contributed by atoms with Crippen LogP contribution in [0, 0.1) is 11.6 Å². The second-order valence-corrected chi connectivity index (χ2v) is 3.39. The molecule has 2 rings (SSSR count). The second-order valence-electron chi connectivity index (χ2n) is 3.39. The third-order valence-corrected chi connectivity index (χ3v) is 2.23. The molecule has 0 aliphatic carbocycles. The van der Waals surface area contributed by atoms with E-state index in [1.54, 1.807) is 0 Å². The Morgan fingerprint density at radius 2 is 2.12 bits per heavy atom. The molecule has 0 amide bonds. The highest BCUT2D eigenvalue weighted by molar-refractivity contribution is 5.26. The number of nitrogens with two attached hydrogens (primary N) is 2. The molecule has 0 fully saturated rings. The first-order valence-electron chi connectivity index (χ1n) is 4.85. The van der Waals surface area contributed by atoms with Crippen LogP contribution in [0.1, 0.15) is 23.3 Å². The van der Waals surface area contributed by atoms with Crippen molar-refractivity contribution in [2.45, 2.75) is 12.6 Å². The van der Waals surface area contributed by atoms with Gasteiger partial charge in [-0.15, -0.1) is 0 Å². The molecule has 0 aliphatic heterocycles. The van der Waals surface area contributed by atoms with Crippen molar-refractivity contribution in [2.75, 3.05) is 0 Å². The predicted octanol–water partition coefficient (Wildman–Crippen LogP) is 0.855. The molecule has 1 aromatic heterocycles. The number of hydrogen-bond donors (Lipinski definition) is 2. The molecule has 0 radical (unpaired) electrons. The van der Waals surface area contributed by atoms with Crippen LogP contribution < -0.4 is 11.5 Å². The highest BCUT2D eigenvalue weighted by Crippen LogP contribution is 2.21. The number of nitrogens with zero attached hydrogens (tertiary/aromatic N) is 2. The van der Waals surface area contributed by atoms with Gasteiger partial charge in [0.25, 0.3) is 0 Å². The van der Waals surface area contributed by atoms with Crippen LogP contribution in [0.5, 0.6) is 0 Å². The summed E-state index contributed by atoms with van der Waals surface area (Å²) in [7, 11) is 0. The maximum Gasteiger partial charge on any atom is 0.240 e. The summed E-state index contributed by atoms with van der Waals surface area (Å²) in [5, 5.41) is 3.55. The van der Waals surface area contributed by atoms with E-state index in [-0.39, 0.29) is 23.8 Å². The van der Waals surface area contributed by atoms with Crippen molar-refractivity contribution in [3.63, 3.8) is 0 Å². The van der Waals surface area contributed by atoms with Gasteiger partial charge in [0.1, 0.15) is 11.6 Å². The summed E-state index contributed by atoms with van der Waals surface area (Å²) in [5.41, 5.74) is 11.0. The first-order valence-corrected chi connectivity index (χ1v) is 4.85. The number of hydrogen-bond acceptors (Lipinski definition) is 5. The molecule has 1 heterocycles. The Morgan fingerprint density at radius 3 is 2.76 bits per heavy atom. The molecule has 4 N–H and O–H groups in total. The van der Waals surface area contributed by atoms with Crippen molar-refractivity contribution < 1.29 is 13.3 Å². The van der Waals surface area contributed by atoms with Gasteiger partial charge in [-0.05, 0) is 18.2 Å². The molecular formula is C10H10F2N4O. The Bertz CT molecular complexity index is 529. The van der Waals surface area contributed by atoms with Crippen LogP contribution in [-0.4, -0.2) is 10.1 Å². The van der Waals surface area contributed by atoms with Gasteiger partial charge in [0, 0.05) is 5.56 Å². The van der Waals surface area contributed by atoms with Crippen LogP contribution in [0.15, 0.2) is 22.7 Å². The molecule has 0 saturated heterocycles. The molecule has 0 spiro atoms. The van der Waals surface area contributed by atoms with Crippen LogP contribution in [0.2, 0.25) is 0 Å². The van der Waals surface area contributed by atoms with Gasteiger partial charge in [-0.1, -0.05) is 5.16 Å². The van der Waals surface area contributed by atoms with E-state index in [1.807, 2.05) is 0 Å². The van der Waals surface area contributed by atoms with E-state index in [0.29, 0.717) is 0 Å². The maximum atomic E-state index is 13.4. The van der Waals surface area contributed by atoms with Crippen LogP contribution in [0.25, 0.3) is 0 Å². The zero-order valence-electron chi connectivity index (χ0n) is 8.73. The number of halogens is 2. The maximum absolute atomic E-state index is 13.4. The predicted molar refractivity (Wildman–Crippen MR) is 54.6 cm³/mol. The van der Waals surface area contributed by atoms with E-state index in [2.05, 4.69) is 10.1 Å². The lowest BCUT2D eigenvalue weighted by Gasteiger charge is -2.08. The van der Waals surface area contributed by atoms with E-state index >= 15 is 0 Å². The average molecular weight is 240 g/mol. The molecule has 1 atom stereocenters. The largest absolute Gasteiger partial charge is 0.338 e. The highest BCUT2D eigenvalue weighted by Gasteiger charge is 2.19. The van der Waals surface area contributed by atoms with Crippen molar-refractivity contribution in [1.29, 1.82) is 0 Å². The van der Waals surface area contributed by atoms with Crippen molar-refractivity contribution in [1.82, 2.24) is 10.1 Å². The topological polar surface area (TPSA) is 91.0 Å². The van der Waals surface area contributed by atoms with Gasteiger partial charge >= 0.3 is 0 Å². The molecule has 2 aromatic rings. The van der Waals surface area contributed by atoms with Gasteiger partial charge in [0.2, 0.25) is 5.89 Å². The first-order chi connectivity index (χ1) is 8.11. The van der Waals surface area contributed by atoms with Gasteiger partial charge in [0.05, 0.1) is 12.6 Å². The van der Waals surface area contributed by atoms with Crippen LogP contribution in [-0.2, 0) is 6.54 Å². The second kappa shape index (κ2) is 4.56. The Balaban J connectivity index is 2.35. The highest BCUT2D eigenvalue weighted by atomic mass is 19.1. The minimum absolute atomic E-state index is 0.0330. The lowest BCUT2D eigenvalue weighted by Crippen LogP contribution is -2.15. The number of rotatable bonds is 3. The summed E-state index contributed by atoms with van der Waals surface area (Å²) >= 11 is 0. The van der Waals surface area contributed by atoms with Crippen molar-refractivity contribution >= 4 is 0 Å². The molecule has 1 aromatic carbocycles. The SMILES string of the molecule is NCc1nc(C(N)c2cc(F)ccc2F)no1. The third-order valence-electron chi connectivity index (χ3n) is 2.23. The van der Waals surface area contributed by atoms with E-state index < -0.39 is 17.7 Å². The molecule has 0 aliphatic rings. The summed E-state index contributed by atoms with van der Waals surface area (Å²) in [6.07, 6.45) is 0. The number of benzene rings is 1. The Labute approximate surface area is 95.4 Å². The average Bonchev–Trinajstić information content (AvgIpc) is 2.80. The molecule has 0 saturated carbocycles. The summed E-state index contributed by atoms with van der Waals surface area (Å²) in [6.45, 7) is 0.0609. The Hall–Kier alpha value is -1.86. The van der Waals surface area contributed by atoms with Gasteiger partial charge in [-0.25, -0.2) is 8.78 Å². The Morgan fingerprint density at radius 1 is 1.35 bits per heavy atom. The standard InChI is InChI=1S/C10H10F2N4O/c11-5-1-2-7(12)6(3-5)9(14)10-15-8(4-13)17-16-10/h1-3,9H,4,13-14H2.